The van der Waals surface area contributed by atoms with Crippen molar-refractivity contribution in [3.8, 4) is 11.5 Å². The van der Waals surface area contributed by atoms with Crippen molar-refractivity contribution in [1.82, 2.24) is 0 Å². The molecule has 0 amide bonds. The molecule has 2 N–H and O–H groups in total. The average molecular weight is 299 g/mol. The lowest BCUT2D eigenvalue weighted by atomic mass is 10.0. The van der Waals surface area contributed by atoms with Gasteiger partial charge in [-0.15, -0.1) is 0 Å². The van der Waals surface area contributed by atoms with Gasteiger partial charge in [-0.1, -0.05) is 55.3 Å². The van der Waals surface area contributed by atoms with Crippen LogP contribution in [0.5, 0.6) is 11.5 Å². The summed E-state index contributed by atoms with van der Waals surface area (Å²) in [4.78, 5) is 0. The third-order valence-electron chi connectivity index (χ3n) is 3.39. The number of hydrogen-bond acceptors (Lipinski definition) is 4. The molecule has 2 aromatic rings. The van der Waals surface area contributed by atoms with Crippen LogP contribution in [0.1, 0.15) is 37.3 Å². The largest absolute Gasteiger partial charge is 0.507 e. The smallest absolute Gasteiger partial charge is 0.128 e. The van der Waals surface area contributed by atoms with E-state index in [0.717, 1.165) is 24.8 Å². The van der Waals surface area contributed by atoms with Crippen molar-refractivity contribution in [2.45, 2.75) is 26.2 Å². The van der Waals surface area contributed by atoms with Crippen molar-refractivity contribution in [2.75, 3.05) is 6.61 Å². The molecular formula is C18H21NO3. The molecule has 0 saturated carbocycles. The third kappa shape index (κ3) is 4.01. The number of benzene rings is 2. The first-order valence-electron chi connectivity index (χ1n) is 7.50. The Morgan fingerprint density at radius 2 is 1.86 bits per heavy atom. The van der Waals surface area contributed by atoms with Gasteiger partial charge in [0.15, 0.2) is 0 Å². The quantitative estimate of drug-likeness (QED) is 0.349. The van der Waals surface area contributed by atoms with Crippen LogP contribution in [0.3, 0.4) is 0 Å². The summed E-state index contributed by atoms with van der Waals surface area (Å²) >= 11 is 0. The predicted octanol–water partition coefficient (Wildman–Crippen LogP) is 4.19. The standard InChI is InChI=1S/C18H21NO3/c1-2-3-7-12-22-15-10-11-16(17(20)13-15)18(19-21)14-8-5-4-6-9-14/h4-6,8-11,13,20-21H,2-3,7,12H2,1H3/b19-18+. The van der Waals surface area contributed by atoms with Crippen molar-refractivity contribution >= 4 is 5.71 Å². The van der Waals surface area contributed by atoms with E-state index >= 15 is 0 Å². The van der Waals surface area contributed by atoms with E-state index in [2.05, 4.69) is 12.1 Å². The summed E-state index contributed by atoms with van der Waals surface area (Å²) in [6.07, 6.45) is 3.26. The lowest BCUT2D eigenvalue weighted by Gasteiger charge is -2.10. The minimum atomic E-state index is 0.0321. The molecule has 0 fully saturated rings. The highest BCUT2D eigenvalue weighted by Crippen LogP contribution is 2.26. The Morgan fingerprint density at radius 1 is 1.09 bits per heavy atom. The maximum atomic E-state index is 10.2. The fourth-order valence-corrected chi connectivity index (χ4v) is 2.21. The van der Waals surface area contributed by atoms with Gasteiger partial charge in [-0.2, -0.15) is 0 Å². The average Bonchev–Trinajstić information content (AvgIpc) is 2.55. The van der Waals surface area contributed by atoms with Gasteiger partial charge in [0.25, 0.3) is 0 Å². The second kappa shape index (κ2) is 8.08. The summed E-state index contributed by atoms with van der Waals surface area (Å²) in [6.45, 7) is 2.77. The molecule has 0 aromatic heterocycles. The highest BCUT2D eigenvalue weighted by Gasteiger charge is 2.13. The summed E-state index contributed by atoms with van der Waals surface area (Å²) in [6, 6.07) is 14.3. The molecule has 0 unspecified atom stereocenters. The van der Waals surface area contributed by atoms with Gasteiger partial charge in [0.05, 0.1) is 6.61 Å². The molecular weight excluding hydrogens is 278 g/mol. The van der Waals surface area contributed by atoms with Crippen molar-refractivity contribution in [3.05, 3.63) is 59.7 Å². The van der Waals surface area contributed by atoms with Crippen LogP contribution in [-0.2, 0) is 0 Å². The molecule has 2 aromatic carbocycles. The van der Waals surface area contributed by atoms with Crippen LogP contribution in [0.2, 0.25) is 0 Å². The van der Waals surface area contributed by atoms with Crippen LogP contribution in [0.15, 0.2) is 53.7 Å². The molecule has 0 spiro atoms. The van der Waals surface area contributed by atoms with Gasteiger partial charge in [0.2, 0.25) is 0 Å². The lowest BCUT2D eigenvalue weighted by Crippen LogP contribution is -2.04. The number of phenolic OH excluding ortho intramolecular Hbond substituents is 1. The Kier molecular flexibility index (Phi) is 5.83. The molecule has 4 heteroatoms. The van der Waals surface area contributed by atoms with Gasteiger partial charge >= 0.3 is 0 Å². The number of nitrogens with zero attached hydrogens (tertiary/aromatic N) is 1. The van der Waals surface area contributed by atoms with Crippen LogP contribution in [0, 0.1) is 0 Å². The molecule has 0 bridgehead atoms. The van der Waals surface area contributed by atoms with Gasteiger partial charge in [0.1, 0.15) is 17.2 Å². The molecule has 0 aliphatic rings. The highest BCUT2D eigenvalue weighted by molar-refractivity contribution is 6.14. The number of phenols is 1. The molecule has 0 radical (unpaired) electrons. The number of rotatable bonds is 7. The first-order valence-corrected chi connectivity index (χ1v) is 7.50. The van der Waals surface area contributed by atoms with Gasteiger partial charge in [-0.3, -0.25) is 0 Å². The Bertz CT molecular complexity index is 623. The molecule has 0 saturated heterocycles. The van der Waals surface area contributed by atoms with E-state index in [1.165, 1.54) is 0 Å². The van der Waals surface area contributed by atoms with Crippen molar-refractivity contribution < 1.29 is 15.1 Å². The lowest BCUT2D eigenvalue weighted by molar-refractivity contribution is 0.304. The molecule has 0 aliphatic heterocycles. The Labute approximate surface area is 130 Å². The zero-order valence-corrected chi connectivity index (χ0v) is 12.7. The number of hydrogen-bond donors (Lipinski definition) is 2. The minimum Gasteiger partial charge on any atom is -0.507 e. The van der Waals surface area contributed by atoms with E-state index < -0.39 is 0 Å². The van der Waals surface area contributed by atoms with E-state index in [1.807, 2.05) is 30.3 Å². The maximum Gasteiger partial charge on any atom is 0.128 e. The van der Waals surface area contributed by atoms with Crippen LogP contribution in [0.25, 0.3) is 0 Å². The summed E-state index contributed by atoms with van der Waals surface area (Å²) in [5.74, 6) is 0.646. The maximum absolute atomic E-state index is 10.2. The van der Waals surface area contributed by atoms with E-state index in [0.29, 0.717) is 23.6 Å². The normalized spacial score (nSPS) is 11.4. The van der Waals surface area contributed by atoms with E-state index in [9.17, 15) is 10.3 Å². The van der Waals surface area contributed by atoms with Crippen molar-refractivity contribution in [1.29, 1.82) is 0 Å². The Balaban J connectivity index is 2.15. The number of ether oxygens (including phenoxy) is 1. The molecule has 116 valence electrons. The number of oxime groups is 1. The fraction of sp³-hybridized carbons (Fsp3) is 0.278. The number of aromatic hydroxyl groups is 1. The van der Waals surface area contributed by atoms with Crippen LogP contribution in [0.4, 0.5) is 0 Å². The van der Waals surface area contributed by atoms with E-state index in [4.69, 9.17) is 4.74 Å². The second-order valence-corrected chi connectivity index (χ2v) is 5.05. The first kappa shape index (κ1) is 15.9. The highest BCUT2D eigenvalue weighted by atomic mass is 16.5. The monoisotopic (exact) mass is 299 g/mol. The topological polar surface area (TPSA) is 62.0 Å². The summed E-state index contributed by atoms with van der Waals surface area (Å²) in [7, 11) is 0. The summed E-state index contributed by atoms with van der Waals surface area (Å²) in [5, 5.41) is 22.8. The van der Waals surface area contributed by atoms with Gasteiger partial charge < -0.3 is 15.1 Å². The number of unbranched alkanes of at least 4 members (excludes halogenated alkanes) is 2. The molecule has 2 rings (SSSR count). The fourth-order valence-electron chi connectivity index (χ4n) is 2.21. The summed E-state index contributed by atoms with van der Waals surface area (Å²) < 4.78 is 5.60. The van der Waals surface area contributed by atoms with Crippen molar-refractivity contribution in [2.24, 2.45) is 5.16 Å². The van der Waals surface area contributed by atoms with Gasteiger partial charge in [0, 0.05) is 17.2 Å². The van der Waals surface area contributed by atoms with Crippen molar-refractivity contribution in [3.63, 3.8) is 0 Å². The van der Waals surface area contributed by atoms with Gasteiger partial charge in [-0.25, -0.2) is 0 Å². The van der Waals surface area contributed by atoms with Crippen LogP contribution < -0.4 is 4.74 Å². The Hall–Kier alpha value is -2.49. The van der Waals surface area contributed by atoms with Crippen LogP contribution >= 0.6 is 0 Å². The Morgan fingerprint density at radius 3 is 2.50 bits per heavy atom. The van der Waals surface area contributed by atoms with Crippen LogP contribution in [-0.4, -0.2) is 22.6 Å². The minimum absolute atomic E-state index is 0.0321. The SMILES string of the molecule is CCCCCOc1ccc(/C(=N/O)c2ccccc2)c(O)c1. The molecule has 4 nitrogen and oxygen atoms in total. The second-order valence-electron chi connectivity index (χ2n) is 5.05. The summed E-state index contributed by atoms with van der Waals surface area (Å²) in [5.41, 5.74) is 1.53. The van der Waals surface area contributed by atoms with E-state index in [1.54, 1.807) is 18.2 Å². The zero-order chi connectivity index (χ0) is 15.8. The predicted molar refractivity (Wildman–Crippen MR) is 87.0 cm³/mol. The molecule has 0 atom stereocenters. The molecule has 0 aliphatic carbocycles. The van der Waals surface area contributed by atoms with Gasteiger partial charge in [-0.05, 0) is 18.6 Å². The zero-order valence-electron chi connectivity index (χ0n) is 12.7. The third-order valence-corrected chi connectivity index (χ3v) is 3.39. The molecule has 22 heavy (non-hydrogen) atoms. The molecule has 0 heterocycles. The van der Waals surface area contributed by atoms with E-state index in [-0.39, 0.29) is 5.75 Å². The first-order chi connectivity index (χ1) is 10.8.